The van der Waals surface area contributed by atoms with Gasteiger partial charge in [-0.1, -0.05) is 30.3 Å². The average Bonchev–Trinajstić information content (AvgIpc) is 2.84. The predicted octanol–water partition coefficient (Wildman–Crippen LogP) is 2.36. The van der Waals surface area contributed by atoms with E-state index in [2.05, 4.69) is 0 Å². The van der Waals surface area contributed by atoms with Gasteiger partial charge in [0, 0.05) is 19.5 Å². The highest BCUT2D eigenvalue weighted by Gasteiger charge is 2.30. The number of nitrogens with zero attached hydrogens (tertiary/aromatic N) is 1. The number of hydrogen-bond donors (Lipinski definition) is 1. The third kappa shape index (κ3) is 3.31. The first-order valence-corrected chi connectivity index (χ1v) is 8.45. The minimum absolute atomic E-state index is 0.0232. The second-order valence-electron chi connectivity index (χ2n) is 4.74. The first-order valence-electron chi connectivity index (χ1n) is 6.84. The summed E-state index contributed by atoms with van der Waals surface area (Å²) in [5.74, 6) is -1.86. The zero-order chi connectivity index (χ0) is 17.2. The molecule has 2 aromatic rings. The van der Waals surface area contributed by atoms with Crippen molar-refractivity contribution in [1.82, 2.24) is 0 Å². The largest absolute Gasteiger partial charge is 0.502 e. The van der Waals surface area contributed by atoms with Gasteiger partial charge in [-0.15, -0.1) is 0 Å². The zero-order valence-electron chi connectivity index (χ0n) is 12.9. The first-order chi connectivity index (χ1) is 10.8. The lowest BCUT2D eigenvalue weighted by Gasteiger charge is -2.16. The van der Waals surface area contributed by atoms with Gasteiger partial charge >= 0.3 is 5.97 Å². The highest BCUT2D eigenvalue weighted by atomic mass is 32.2. The maximum atomic E-state index is 12.0. The molecule has 1 heterocycles. The number of anilines is 1. The van der Waals surface area contributed by atoms with Crippen LogP contribution in [-0.4, -0.2) is 32.3 Å². The Morgan fingerprint density at radius 2 is 1.91 bits per heavy atom. The molecule has 23 heavy (non-hydrogen) atoms. The normalized spacial score (nSPS) is 11.3. The number of sulfonamides is 1. The SMILES string of the molecule is CCS(=O)(=O)N(C)c1oc(-c2ccccc2)c(O)c1OC(C)=O. The number of benzene rings is 1. The molecule has 0 radical (unpaired) electrons. The van der Waals surface area contributed by atoms with Crippen molar-refractivity contribution in [3.63, 3.8) is 0 Å². The number of aromatic hydroxyl groups is 1. The minimum Gasteiger partial charge on any atom is -0.502 e. The van der Waals surface area contributed by atoms with Crippen molar-refractivity contribution in [2.45, 2.75) is 13.8 Å². The molecule has 0 bridgehead atoms. The Morgan fingerprint density at radius 1 is 1.30 bits per heavy atom. The van der Waals surface area contributed by atoms with Crippen LogP contribution in [0.4, 0.5) is 5.88 Å². The minimum atomic E-state index is -3.66. The molecule has 0 atom stereocenters. The number of furan rings is 1. The van der Waals surface area contributed by atoms with Crippen molar-refractivity contribution in [2.75, 3.05) is 17.1 Å². The summed E-state index contributed by atoms with van der Waals surface area (Å²) < 4.78 is 35.4. The molecule has 0 spiro atoms. The second kappa shape index (κ2) is 6.33. The lowest BCUT2D eigenvalue weighted by molar-refractivity contribution is -0.132. The number of carbonyl (C=O) groups is 1. The second-order valence-corrected chi connectivity index (χ2v) is 7.03. The van der Waals surface area contributed by atoms with Gasteiger partial charge < -0.3 is 14.3 Å². The van der Waals surface area contributed by atoms with Crippen LogP contribution in [0.25, 0.3) is 11.3 Å². The Balaban J connectivity index is 2.64. The maximum Gasteiger partial charge on any atom is 0.308 e. The van der Waals surface area contributed by atoms with Gasteiger partial charge in [-0.2, -0.15) is 0 Å². The van der Waals surface area contributed by atoms with Crippen molar-refractivity contribution in [2.24, 2.45) is 0 Å². The molecule has 0 saturated heterocycles. The summed E-state index contributed by atoms with van der Waals surface area (Å²) in [4.78, 5) is 11.3. The van der Waals surface area contributed by atoms with E-state index < -0.39 is 21.7 Å². The van der Waals surface area contributed by atoms with E-state index in [-0.39, 0.29) is 23.1 Å². The van der Waals surface area contributed by atoms with Gasteiger partial charge in [0.15, 0.2) is 5.76 Å². The number of rotatable bonds is 5. The Morgan fingerprint density at radius 3 is 2.43 bits per heavy atom. The Hall–Kier alpha value is -2.48. The highest BCUT2D eigenvalue weighted by Crippen LogP contribution is 2.48. The van der Waals surface area contributed by atoms with E-state index in [4.69, 9.17) is 9.15 Å². The average molecular weight is 339 g/mol. The van der Waals surface area contributed by atoms with Crippen LogP contribution in [0.1, 0.15) is 13.8 Å². The molecule has 8 heteroatoms. The molecule has 0 fully saturated rings. The molecule has 0 amide bonds. The maximum absolute atomic E-state index is 12.0. The molecular weight excluding hydrogens is 322 g/mol. The smallest absolute Gasteiger partial charge is 0.308 e. The third-order valence-corrected chi connectivity index (χ3v) is 4.90. The Labute approximate surface area is 134 Å². The fourth-order valence-corrected chi connectivity index (χ4v) is 2.70. The summed E-state index contributed by atoms with van der Waals surface area (Å²) in [7, 11) is -2.40. The van der Waals surface area contributed by atoms with E-state index in [0.717, 1.165) is 11.2 Å². The van der Waals surface area contributed by atoms with Gasteiger partial charge in [-0.3, -0.25) is 4.79 Å². The molecule has 0 saturated carbocycles. The fourth-order valence-electron chi connectivity index (χ4n) is 1.94. The third-order valence-electron chi connectivity index (χ3n) is 3.17. The molecule has 0 aliphatic carbocycles. The summed E-state index contributed by atoms with van der Waals surface area (Å²) in [6.07, 6.45) is 0. The molecule has 124 valence electrons. The van der Waals surface area contributed by atoms with Crippen molar-refractivity contribution in [3.05, 3.63) is 30.3 Å². The van der Waals surface area contributed by atoms with Crippen molar-refractivity contribution in [3.8, 4) is 22.8 Å². The summed E-state index contributed by atoms with van der Waals surface area (Å²) >= 11 is 0. The zero-order valence-corrected chi connectivity index (χ0v) is 13.8. The monoisotopic (exact) mass is 339 g/mol. The molecule has 1 aromatic heterocycles. The summed E-state index contributed by atoms with van der Waals surface area (Å²) in [5.41, 5.74) is 0.520. The van der Waals surface area contributed by atoms with E-state index in [9.17, 15) is 18.3 Å². The van der Waals surface area contributed by atoms with E-state index in [1.807, 2.05) is 0 Å². The summed E-state index contributed by atoms with van der Waals surface area (Å²) in [6, 6.07) is 8.59. The summed E-state index contributed by atoms with van der Waals surface area (Å²) in [5, 5.41) is 10.3. The van der Waals surface area contributed by atoms with Gasteiger partial charge in [-0.05, 0) is 6.92 Å². The van der Waals surface area contributed by atoms with Crippen LogP contribution in [0.5, 0.6) is 11.5 Å². The van der Waals surface area contributed by atoms with Gasteiger partial charge in [-0.25, -0.2) is 12.7 Å². The molecule has 0 aliphatic heterocycles. The van der Waals surface area contributed by atoms with Crippen LogP contribution in [0, 0.1) is 0 Å². The standard InChI is InChI=1S/C15H17NO6S/c1-4-23(19,20)16(3)15-14(21-10(2)17)12(18)13(22-15)11-8-6-5-7-9-11/h5-9,18H,4H2,1-3H3. The highest BCUT2D eigenvalue weighted by molar-refractivity contribution is 7.92. The molecule has 1 aromatic carbocycles. The molecule has 0 aliphatic rings. The van der Waals surface area contributed by atoms with Gasteiger partial charge in [0.05, 0.1) is 5.75 Å². The Kier molecular flexibility index (Phi) is 4.65. The van der Waals surface area contributed by atoms with Crippen LogP contribution >= 0.6 is 0 Å². The van der Waals surface area contributed by atoms with Gasteiger partial charge in [0.1, 0.15) is 0 Å². The van der Waals surface area contributed by atoms with E-state index in [0.29, 0.717) is 5.56 Å². The van der Waals surface area contributed by atoms with Crippen LogP contribution in [0.2, 0.25) is 0 Å². The lowest BCUT2D eigenvalue weighted by Crippen LogP contribution is -2.28. The van der Waals surface area contributed by atoms with Crippen LogP contribution in [-0.2, 0) is 14.8 Å². The number of ether oxygens (including phenoxy) is 1. The van der Waals surface area contributed by atoms with Gasteiger partial charge in [0.2, 0.25) is 21.5 Å². The molecule has 0 unspecified atom stereocenters. The Bertz CT molecular complexity index is 810. The molecule has 7 nitrogen and oxygen atoms in total. The number of carbonyl (C=O) groups excluding carboxylic acids is 1. The molecule has 2 rings (SSSR count). The van der Waals surface area contributed by atoms with Crippen molar-refractivity contribution in [1.29, 1.82) is 0 Å². The quantitative estimate of drug-likeness (QED) is 0.840. The fraction of sp³-hybridized carbons (Fsp3) is 0.267. The van der Waals surface area contributed by atoms with Crippen LogP contribution in [0.15, 0.2) is 34.7 Å². The first kappa shape index (κ1) is 16.9. The van der Waals surface area contributed by atoms with E-state index in [1.54, 1.807) is 30.3 Å². The van der Waals surface area contributed by atoms with Crippen LogP contribution in [0.3, 0.4) is 0 Å². The molecular formula is C15H17NO6S. The topological polar surface area (TPSA) is 97.1 Å². The van der Waals surface area contributed by atoms with E-state index in [1.165, 1.54) is 14.0 Å². The lowest BCUT2D eigenvalue weighted by atomic mass is 10.1. The number of esters is 1. The van der Waals surface area contributed by atoms with Gasteiger partial charge in [0.25, 0.3) is 5.88 Å². The van der Waals surface area contributed by atoms with E-state index >= 15 is 0 Å². The summed E-state index contributed by atoms with van der Waals surface area (Å²) in [6.45, 7) is 2.62. The number of hydrogen-bond acceptors (Lipinski definition) is 6. The van der Waals surface area contributed by atoms with Crippen LogP contribution < -0.4 is 9.04 Å². The predicted molar refractivity (Wildman–Crippen MR) is 85.0 cm³/mol. The van der Waals surface area contributed by atoms with Crippen molar-refractivity contribution >= 4 is 21.9 Å². The molecule has 1 N–H and O–H groups in total. The van der Waals surface area contributed by atoms with Crippen molar-refractivity contribution < 1.29 is 27.5 Å².